The molecular weight excluding hydrogens is 412 g/mol. The first kappa shape index (κ1) is 17.6. The predicted octanol–water partition coefficient (Wildman–Crippen LogP) is 3.33. The number of amides is 1. The van der Waals surface area contributed by atoms with Crippen LogP contribution in [0.1, 0.15) is 12.8 Å². The molecule has 2 aromatic rings. The van der Waals surface area contributed by atoms with Gasteiger partial charge < -0.3 is 4.90 Å². The fourth-order valence-electron chi connectivity index (χ4n) is 2.83. The fraction of sp³-hybridized carbons (Fsp3) is 0.312. The zero-order valence-electron chi connectivity index (χ0n) is 13.1. The average molecular weight is 429 g/mol. The van der Waals surface area contributed by atoms with Crippen molar-refractivity contribution < 1.29 is 13.2 Å². The van der Waals surface area contributed by atoms with E-state index in [-0.39, 0.29) is 10.1 Å². The summed E-state index contributed by atoms with van der Waals surface area (Å²) in [5, 5.41) is 0. The summed E-state index contributed by atoms with van der Waals surface area (Å²) in [4.78, 5) is 14.4. The van der Waals surface area contributed by atoms with Crippen molar-refractivity contribution in [2.75, 3.05) is 18.5 Å². The lowest BCUT2D eigenvalue weighted by atomic mass is 10.2. The summed E-state index contributed by atoms with van der Waals surface area (Å²) in [5.74, 6) is -0.196. The quantitative estimate of drug-likeness (QED) is 0.749. The Morgan fingerprint density at radius 1 is 1.25 bits per heavy atom. The van der Waals surface area contributed by atoms with Crippen molar-refractivity contribution in [2.24, 2.45) is 0 Å². The van der Waals surface area contributed by atoms with Crippen LogP contribution < -0.4 is 4.90 Å². The Morgan fingerprint density at radius 3 is 2.58 bits per heavy atom. The monoisotopic (exact) mass is 428 g/mol. The first-order chi connectivity index (χ1) is 11.4. The van der Waals surface area contributed by atoms with Gasteiger partial charge in [-0.1, -0.05) is 18.2 Å². The first-order valence-corrected chi connectivity index (χ1v) is 10.6. The molecule has 1 aliphatic rings. The maximum Gasteiger partial charge on any atom is 0.253 e. The van der Waals surface area contributed by atoms with Crippen molar-refractivity contribution in [2.45, 2.75) is 23.1 Å². The van der Waals surface area contributed by atoms with Crippen LogP contribution in [-0.4, -0.2) is 38.3 Å². The number of para-hydroxylation sites is 1. The smallest absolute Gasteiger partial charge is 0.253 e. The second kappa shape index (κ2) is 6.95. The summed E-state index contributed by atoms with van der Waals surface area (Å²) >= 11 is 4.45. The van der Waals surface area contributed by atoms with Gasteiger partial charge in [0.1, 0.15) is 10.3 Å². The van der Waals surface area contributed by atoms with Gasteiger partial charge in [0.25, 0.3) is 10.0 Å². The number of halogens is 1. The van der Waals surface area contributed by atoms with Gasteiger partial charge in [-0.05, 0) is 53.0 Å². The third kappa shape index (κ3) is 3.28. The number of anilines is 1. The number of thiophene rings is 1. The molecule has 0 radical (unpaired) electrons. The topological polar surface area (TPSA) is 57.7 Å². The highest BCUT2D eigenvalue weighted by molar-refractivity contribution is 9.11. The van der Waals surface area contributed by atoms with E-state index in [1.165, 1.54) is 9.21 Å². The SMILES string of the molecule is CN(C(=O)[C@H]1CCCN1S(=O)(=O)c1ccc(Br)s1)c1ccccc1. The summed E-state index contributed by atoms with van der Waals surface area (Å²) in [6, 6.07) is 11.9. The van der Waals surface area contributed by atoms with Crippen molar-refractivity contribution in [3.8, 4) is 0 Å². The first-order valence-electron chi connectivity index (χ1n) is 7.51. The molecule has 1 aromatic carbocycles. The molecule has 8 heteroatoms. The van der Waals surface area contributed by atoms with Crippen LogP contribution in [0.25, 0.3) is 0 Å². The van der Waals surface area contributed by atoms with Gasteiger partial charge in [0.2, 0.25) is 5.91 Å². The van der Waals surface area contributed by atoms with E-state index < -0.39 is 16.1 Å². The minimum absolute atomic E-state index is 0.196. The minimum Gasteiger partial charge on any atom is -0.314 e. The van der Waals surface area contributed by atoms with Gasteiger partial charge >= 0.3 is 0 Å². The molecular formula is C16H17BrN2O3S2. The van der Waals surface area contributed by atoms with Crippen LogP contribution >= 0.6 is 27.3 Å². The van der Waals surface area contributed by atoms with Crippen LogP contribution in [0.2, 0.25) is 0 Å². The number of carbonyl (C=O) groups is 1. The molecule has 0 bridgehead atoms. The van der Waals surface area contributed by atoms with E-state index in [2.05, 4.69) is 15.9 Å². The van der Waals surface area contributed by atoms with Crippen molar-refractivity contribution in [1.82, 2.24) is 4.31 Å². The van der Waals surface area contributed by atoms with Crippen LogP contribution in [0.15, 0.2) is 50.5 Å². The molecule has 0 spiro atoms. The second-order valence-corrected chi connectivity index (χ2v) is 10.1. The molecule has 128 valence electrons. The number of nitrogens with zero attached hydrogens (tertiary/aromatic N) is 2. The average Bonchev–Trinajstić information content (AvgIpc) is 3.23. The van der Waals surface area contributed by atoms with E-state index >= 15 is 0 Å². The molecule has 5 nitrogen and oxygen atoms in total. The standard InChI is InChI=1S/C16H17BrN2O3S2/c1-18(12-6-3-2-4-7-12)16(20)13-8-5-11-19(13)24(21,22)15-10-9-14(17)23-15/h2-4,6-7,9-10,13H,5,8,11H2,1H3/t13-/m1/s1. The van der Waals surface area contributed by atoms with E-state index in [4.69, 9.17) is 0 Å². The van der Waals surface area contributed by atoms with Crippen LogP contribution in [0.4, 0.5) is 5.69 Å². The lowest BCUT2D eigenvalue weighted by Crippen LogP contribution is -2.46. The molecule has 1 aliphatic heterocycles. The largest absolute Gasteiger partial charge is 0.314 e. The summed E-state index contributed by atoms with van der Waals surface area (Å²) in [6.45, 7) is 0.372. The third-order valence-electron chi connectivity index (χ3n) is 4.07. The molecule has 0 aliphatic carbocycles. The van der Waals surface area contributed by atoms with Gasteiger partial charge in [-0.25, -0.2) is 8.42 Å². The molecule has 24 heavy (non-hydrogen) atoms. The van der Waals surface area contributed by atoms with Gasteiger partial charge in [0, 0.05) is 19.3 Å². The van der Waals surface area contributed by atoms with Crippen LogP contribution in [-0.2, 0) is 14.8 Å². The van der Waals surface area contributed by atoms with E-state index in [1.54, 1.807) is 19.2 Å². The number of hydrogen-bond acceptors (Lipinski definition) is 4. The predicted molar refractivity (Wildman–Crippen MR) is 98.8 cm³/mol. The highest BCUT2D eigenvalue weighted by Gasteiger charge is 2.41. The molecule has 0 N–H and O–H groups in total. The zero-order valence-corrected chi connectivity index (χ0v) is 16.3. The van der Waals surface area contributed by atoms with Gasteiger partial charge in [-0.2, -0.15) is 4.31 Å². The van der Waals surface area contributed by atoms with Crippen molar-refractivity contribution in [3.63, 3.8) is 0 Å². The minimum atomic E-state index is -3.65. The van der Waals surface area contributed by atoms with Crippen LogP contribution in [0.3, 0.4) is 0 Å². The molecule has 1 fully saturated rings. The van der Waals surface area contributed by atoms with E-state index in [1.807, 2.05) is 30.3 Å². The summed E-state index contributed by atoms with van der Waals surface area (Å²) in [5.41, 5.74) is 0.755. The zero-order chi connectivity index (χ0) is 17.3. The number of carbonyl (C=O) groups excluding carboxylic acids is 1. The van der Waals surface area contributed by atoms with Crippen LogP contribution in [0.5, 0.6) is 0 Å². The summed E-state index contributed by atoms with van der Waals surface area (Å²) in [7, 11) is -1.97. The third-order valence-corrected chi connectivity index (χ3v) is 8.07. The normalized spacial score (nSPS) is 18.7. The number of rotatable bonds is 4. The van der Waals surface area contributed by atoms with Gasteiger partial charge in [-0.15, -0.1) is 11.3 Å². The number of hydrogen-bond donors (Lipinski definition) is 0. The number of likely N-dealkylation sites (N-methyl/N-ethyl adjacent to an activating group) is 1. The van der Waals surface area contributed by atoms with Crippen molar-refractivity contribution >= 4 is 48.9 Å². The maximum atomic E-state index is 12.9. The molecule has 0 unspecified atom stereocenters. The fourth-order valence-corrected chi connectivity index (χ4v) is 6.62. The van der Waals surface area contributed by atoms with E-state index in [0.29, 0.717) is 19.4 Å². The Bertz CT molecular complexity index is 836. The van der Waals surface area contributed by atoms with Gasteiger partial charge in [0.15, 0.2) is 0 Å². The Kier molecular flexibility index (Phi) is 5.10. The highest BCUT2D eigenvalue weighted by Crippen LogP contribution is 2.33. The van der Waals surface area contributed by atoms with Gasteiger partial charge in [-0.3, -0.25) is 4.79 Å². The lowest BCUT2D eigenvalue weighted by Gasteiger charge is -2.27. The Morgan fingerprint density at radius 2 is 1.96 bits per heavy atom. The van der Waals surface area contributed by atoms with E-state index in [9.17, 15) is 13.2 Å². The molecule has 2 heterocycles. The molecule has 0 saturated carbocycles. The molecule has 1 amide bonds. The molecule has 1 aromatic heterocycles. The molecule has 1 saturated heterocycles. The lowest BCUT2D eigenvalue weighted by molar-refractivity contribution is -0.121. The second-order valence-electron chi connectivity index (χ2n) is 5.57. The van der Waals surface area contributed by atoms with Crippen molar-refractivity contribution in [3.05, 3.63) is 46.3 Å². The van der Waals surface area contributed by atoms with Crippen molar-refractivity contribution in [1.29, 1.82) is 0 Å². The Hall–Kier alpha value is -1.22. The molecule has 1 atom stereocenters. The number of sulfonamides is 1. The van der Waals surface area contributed by atoms with E-state index in [0.717, 1.165) is 20.8 Å². The Balaban J connectivity index is 1.87. The van der Waals surface area contributed by atoms with Gasteiger partial charge in [0.05, 0.1) is 3.79 Å². The molecule has 3 rings (SSSR count). The van der Waals surface area contributed by atoms with Crippen LogP contribution in [0, 0.1) is 0 Å². The summed E-state index contributed by atoms with van der Waals surface area (Å²) < 4.78 is 28.1. The number of benzene rings is 1. The summed E-state index contributed by atoms with van der Waals surface area (Å²) in [6.07, 6.45) is 1.23. The Labute approximate surface area is 154 Å². The highest BCUT2D eigenvalue weighted by atomic mass is 79.9. The maximum absolute atomic E-state index is 12.9.